The third-order valence-electron chi connectivity index (χ3n) is 6.26. The predicted octanol–water partition coefficient (Wildman–Crippen LogP) is 8.00. The highest BCUT2D eigenvalue weighted by Crippen LogP contribution is 2.38. The van der Waals surface area contributed by atoms with E-state index in [1.807, 2.05) is 55.5 Å². The van der Waals surface area contributed by atoms with Gasteiger partial charge in [-0.2, -0.15) is 5.26 Å². The molecule has 0 aromatic heterocycles. The van der Waals surface area contributed by atoms with Crippen LogP contribution in [-0.2, 0) is 17.8 Å². The number of anilines is 1. The SMILES string of the molecule is CCOc1cc(/C=C(\C#N)C(=O)Nc2ccc(CC)cc2)cc(Br)c1OCc1c(C)ccc2ccccc12. The molecule has 4 aromatic carbocycles. The van der Waals surface area contributed by atoms with Crippen molar-refractivity contribution < 1.29 is 14.3 Å². The number of hydrogen-bond donors (Lipinski definition) is 1. The highest BCUT2D eigenvalue weighted by molar-refractivity contribution is 9.10. The van der Waals surface area contributed by atoms with E-state index in [2.05, 4.69) is 59.4 Å². The molecule has 0 aliphatic carbocycles. The first-order valence-electron chi connectivity index (χ1n) is 12.5. The van der Waals surface area contributed by atoms with E-state index in [0.717, 1.165) is 28.3 Å². The molecule has 0 aliphatic rings. The molecule has 0 heterocycles. The van der Waals surface area contributed by atoms with Gasteiger partial charge in [-0.15, -0.1) is 0 Å². The number of nitrogens with one attached hydrogen (secondary N) is 1. The molecule has 0 spiro atoms. The van der Waals surface area contributed by atoms with E-state index in [9.17, 15) is 10.1 Å². The number of rotatable bonds is 9. The summed E-state index contributed by atoms with van der Waals surface area (Å²) in [6.45, 7) is 6.84. The van der Waals surface area contributed by atoms with Crippen molar-refractivity contribution in [3.05, 3.63) is 105 Å². The minimum atomic E-state index is -0.474. The number of carbonyl (C=O) groups is 1. The summed E-state index contributed by atoms with van der Waals surface area (Å²) in [5.41, 5.74) is 4.69. The van der Waals surface area contributed by atoms with Gasteiger partial charge < -0.3 is 14.8 Å². The van der Waals surface area contributed by atoms with Gasteiger partial charge in [0, 0.05) is 11.3 Å². The summed E-state index contributed by atoms with van der Waals surface area (Å²) in [6.07, 6.45) is 2.46. The van der Waals surface area contributed by atoms with Gasteiger partial charge in [-0.05, 0) is 94.0 Å². The van der Waals surface area contributed by atoms with Crippen molar-refractivity contribution in [2.75, 3.05) is 11.9 Å². The number of carbonyl (C=O) groups excluding carboxylic acids is 1. The number of benzene rings is 4. The van der Waals surface area contributed by atoms with Crippen molar-refractivity contribution >= 4 is 44.4 Å². The van der Waals surface area contributed by atoms with Gasteiger partial charge in [0.05, 0.1) is 11.1 Å². The highest BCUT2D eigenvalue weighted by atomic mass is 79.9. The minimum absolute atomic E-state index is 0.0148. The molecule has 0 fully saturated rings. The first-order valence-corrected chi connectivity index (χ1v) is 13.3. The van der Waals surface area contributed by atoms with Gasteiger partial charge in [-0.1, -0.05) is 55.5 Å². The van der Waals surface area contributed by atoms with Crippen LogP contribution < -0.4 is 14.8 Å². The molecule has 192 valence electrons. The van der Waals surface area contributed by atoms with Crippen molar-refractivity contribution in [3.8, 4) is 17.6 Å². The summed E-state index contributed by atoms with van der Waals surface area (Å²) in [4.78, 5) is 12.8. The Labute approximate surface area is 231 Å². The zero-order valence-electron chi connectivity index (χ0n) is 21.7. The third-order valence-corrected chi connectivity index (χ3v) is 6.85. The molecule has 0 unspecified atom stereocenters. The van der Waals surface area contributed by atoms with Gasteiger partial charge in [0.15, 0.2) is 11.5 Å². The molecule has 5 nitrogen and oxygen atoms in total. The summed E-state index contributed by atoms with van der Waals surface area (Å²) in [5.74, 6) is 0.617. The van der Waals surface area contributed by atoms with Crippen LogP contribution in [0.1, 0.15) is 36.1 Å². The van der Waals surface area contributed by atoms with Crippen LogP contribution in [0.15, 0.2) is 82.8 Å². The van der Waals surface area contributed by atoms with Crippen molar-refractivity contribution in [2.45, 2.75) is 33.8 Å². The molecule has 0 bridgehead atoms. The Bertz CT molecular complexity index is 1540. The van der Waals surface area contributed by atoms with E-state index >= 15 is 0 Å². The Morgan fingerprint density at radius 2 is 1.79 bits per heavy atom. The molecule has 0 saturated heterocycles. The number of halogens is 1. The van der Waals surface area contributed by atoms with E-state index < -0.39 is 5.91 Å². The zero-order chi connectivity index (χ0) is 27.1. The number of fused-ring (bicyclic) bond motifs is 1. The Kier molecular flexibility index (Phi) is 8.83. The Morgan fingerprint density at radius 3 is 2.50 bits per heavy atom. The van der Waals surface area contributed by atoms with Crippen LogP contribution in [0, 0.1) is 18.3 Å². The Morgan fingerprint density at radius 1 is 1.03 bits per heavy atom. The lowest BCUT2D eigenvalue weighted by atomic mass is 10.0. The van der Waals surface area contributed by atoms with Gasteiger partial charge in [0.25, 0.3) is 5.91 Å². The van der Waals surface area contributed by atoms with E-state index in [4.69, 9.17) is 9.47 Å². The fourth-order valence-electron chi connectivity index (χ4n) is 4.19. The quantitative estimate of drug-likeness (QED) is 0.164. The largest absolute Gasteiger partial charge is 0.490 e. The fraction of sp³-hybridized carbons (Fsp3) is 0.188. The molecule has 0 saturated carbocycles. The monoisotopic (exact) mass is 568 g/mol. The van der Waals surface area contributed by atoms with Crippen LogP contribution in [0.3, 0.4) is 0 Å². The second kappa shape index (κ2) is 12.4. The summed E-state index contributed by atoms with van der Waals surface area (Å²) >= 11 is 3.61. The lowest BCUT2D eigenvalue weighted by Crippen LogP contribution is -2.13. The van der Waals surface area contributed by atoms with Crippen LogP contribution in [0.2, 0.25) is 0 Å². The van der Waals surface area contributed by atoms with Gasteiger partial charge in [-0.25, -0.2) is 0 Å². The number of nitrogens with zero attached hydrogens (tertiary/aromatic N) is 1. The van der Waals surface area contributed by atoms with E-state index in [1.165, 1.54) is 5.56 Å². The summed E-state index contributed by atoms with van der Waals surface area (Å²) in [5, 5.41) is 14.8. The van der Waals surface area contributed by atoms with Crippen LogP contribution in [0.5, 0.6) is 11.5 Å². The normalized spacial score (nSPS) is 11.2. The Hall–Kier alpha value is -4.08. The molecule has 0 radical (unpaired) electrons. The highest BCUT2D eigenvalue weighted by Gasteiger charge is 2.16. The molecular weight excluding hydrogens is 540 g/mol. The maximum Gasteiger partial charge on any atom is 0.266 e. The average Bonchev–Trinajstić information content (AvgIpc) is 2.92. The first-order chi connectivity index (χ1) is 18.4. The molecule has 0 atom stereocenters. The van der Waals surface area contributed by atoms with E-state index in [-0.39, 0.29) is 5.57 Å². The van der Waals surface area contributed by atoms with Gasteiger partial charge in [-0.3, -0.25) is 4.79 Å². The molecule has 1 amide bonds. The molecule has 0 aliphatic heterocycles. The second-order valence-corrected chi connectivity index (χ2v) is 9.66. The zero-order valence-corrected chi connectivity index (χ0v) is 23.3. The predicted molar refractivity (Wildman–Crippen MR) is 156 cm³/mol. The lowest BCUT2D eigenvalue weighted by molar-refractivity contribution is -0.112. The summed E-state index contributed by atoms with van der Waals surface area (Å²) in [6, 6.07) is 25.6. The smallest absolute Gasteiger partial charge is 0.266 e. The first kappa shape index (κ1) is 27.0. The van der Waals surface area contributed by atoms with E-state index in [1.54, 1.807) is 12.1 Å². The number of amides is 1. The topological polar surface area (TPSA) is 71.3 Å². The molecule has 4 rings (SSSR count). The third kappa shape index (κ3) is 6.24. The van der Waals surface area contributed by atoms with Crippen LogP contribution in [0.25, 0.3) is 16.8 Å². The maximum atomic E-state index is 12.8. The number of ether oxygens (including phenoxy) is 2. The standard InChI is InChI=1S/C32H29BrN2O3/c1-4-22-11-14-26(15-12-22)35-32(36)25(19-34)16-23-17-29(33)31(30(18-23)37-5-2)38-20-28-21(3)10-13-24-8-6-7-9-27(24)28/h6-18H,4-5,20H2,1-3H3,(H,35,36)/b25-16+. The Balaban J connectivity index is 1.59. The number of hydrogen-bond acceptors (Lipinski definition) is 4. The summed E-state index contributed by atoms with van der Waals surface area (Å²) < 4.78 is 12.8. The minimum Gasteiger partial charge on any atom is -0.490 e. The second-order valence-electron chi connectivity index (χ2n) is 8.81. The van der Waals surface area contributed by atoms with Crippen molar-refractivity contribution in [1.82, 2.24) is 0 Å². The average molecular weight is 569 g/mol. The number of aryl methyl sites for hydroxylation is 2. The molecule has 38 heavy (non-hydrogen) atoms. The molecular formula is C32H29BrN2O3. The van der Waals surface area contributed by atoms with Crippen molar-refractivity contribution in [1.29, 1.82) is 5.26 Å². The number of nitriles is 1. The van der Waals surface area contributed by atoms with Crippen molar-refractivity contribution in [2.24, 2.45) is 0 Å². The van der Waals surface area contributed by atoms with Crippen LogP contribution >= 0.6 is 15.9 Å². The van der Waals surface area contributed by atoms with Crippen LogP contribution in [-0.4, -0.2) is 12.5 Å². The van der Waals surface area contributed by atoms with Gasteiger partial charge in [0.1, 0.15) is 18.2 Å². The molecule has 6 heteroatoms. The summed E-state index contributed by atoms with van der Waals surface area (Å²) in [7, 11) is 0. The van der Waals surface area contributed by atoms with Gasteiger partial charge >= 0.3 is 0 Å². The van der Waals surface area contributed by atoms with Gasteiger partial charge in [0.2, 0.25) is 0 Å². The lowest BCUT2D eigenvalue weighted by Gasteiger charge is -2.17. The van der Waals surface area contributed by atoms with E-state index in [0.29, 0.717) is 40.4 Å². The fourth-order valence-corrected chi connectivity index (χ4v) is 4.77. The molecule has 4 aromatic rings. The maximum absolute atomic E-state index is 12.8. The van der Waals surface area contributed by atoms with Crippen molar-refractivity contribution in [3.63, 3.8) is 0 Å². The molecule has 1 N–H and O–H groups in total. The van der Waals surface area contributed by atoms with Crippen LogP contribution in [0.4, 0.5) is 5.69 Å².